The van der Waals surface area contributed by atoms with E-state index in [1.165, 1.54) is 0 Å². The number of Topliss-reactive ketones (excluding diaryl/α,β-unsaturated/α-hetero) is 1. The minimum Gasteiger partial charge on any atom is -0.496 e. The summed E-state index contributed by atoms with van der Waals surface area (Å²) in [6, 6.07) is 5.47. The zero-order valence-electron chi connectivity index (χ0n) is 24.7. The first kappa shape index (κ1) is 29.6. The fourth-order valence-corrected chi connectivity index (χ4v) is 6.56. The van der Waals surface area contributed by atoms with E-state index in [9.17, 15) is 24.0 Å². The van der Waals surface area contributed by atoms with Crippen molar-refractivity contribution in [3.63, 3.8) is 0 Å². The van der Waals surface area contributed by atoms with Crippen LogP contribution in [0.3, 0.4) is 0 Å². The number of nitrogens with zero attached hydrogens (tertiary/aromatic N) is 1. The number of carbonyl (C=O) groups is 5. The average molecular weight is 581 g/mol. The third kappa shape index (κ3) is 5.87. The summed E-state index contributed by atoms with van der Waals surface area (Å²) in [6.45, 7) is 5.51. The predicted molar refractivity (Wildman–Crippen MR) is 154 cm³/mol. The molecule has 3 fully saturated rings. The van der Waals surface area contributed by atoms with Gasteiger partial charge in [0, 0.05) is 29.9 Å². The Bertz CT molecular complexity index is 1390. The third-order valence-corrected chi connectivity index (χ3v) is 8.84. The van der Waals surface area contributed by atoms with Gasteiger partial charge < -0.3 is 30.0 Å². The van der Waals surface area contributed by atoms with Gasteiger partial charge in [0.05, 0.1) is 18.6 Å². The number of likely N-dealkylation sites (tertiary alicyclic amines) is 1. The summed E-state index contributed by atoms with van der Waals surface area (Å²) >= 11 is 0. The molecule has 0 spiro atoms. The second kappa shape index (κ2) is 11.8. The fourth-order valence-electron chi connectivity index (χ4n) is 6.56. The molecule has 1 unspecified atom stereocenters. The van der Waals surface area contributed by atoms with Crippen LogP contribution >= 0.6 is 0 Å². The van der Waals surface area contributed by atoms with E-state index in [-0.39, 0.29) is 30.1 Å². The Morgan fingerprint density at radius 2 is 1.93 bits per heavy atom. The van der Waals surface area contributed by atoms with Gasteiger partial charge in [0.15, 0.2) is 12.4 Å². The summed E-state index contributed by atoms with van der Waals surface area (Å²) in [5, 5.41) is 6.42. The van der Waals surface area contributed by atoms with Crippen molar-refractivity contribution in [1.29, 1.82) is 0 Å². The quantitative estimate of drug-likeness (QED) is 0.386. The number of hydrogen-bond acceptors (Lipinski definition) is 7. The van der Waals surface area contributed by atoms with E-state index in [0.717, 1.165) is 30.2 Å². The van der Waals surface area contributed by atoms with Crippen LogP contribution in [-0.2, 0) is 23.9 Å². The number of aromatic amines is 1. The Labute approximate surface area is 245 Å². The molecule has 11 nitrogen and oxygen atoms in total. The minimum absolute atomic E-state index is 0.0304. The molecule has 0 radical (unpaired) electrons. The topological polar surface area (TPSA) is 147 Å². The lowest BCUT2D eigenvalue weighted by Crippen LogP contribution is -2.54. The molecular weight excluding hydrogens is 540 g/mol. The summed E-state index contributed by atoms with van der Waals surface area (Å²) in [5.41, 5.74) is 0.319. The highest BCUT2D eigenvalue weighted by molar-refractivity contribution is 6.02. The van der Waals surface area contributed by atoms with E-state index >= 15 is 0 Å². The zero-order valence-corrected chi connectivity index (χ0v) is 24.7. The highest BCUT2D eigenvalue weighted by Gasteiger charge is 2.50. The van der Waals surface area contributed by atoms with Gasteiger partial charge in [0.1, 0.15) is 17.5 Å². The van der Waals surface area contributed by atoms with Gasteiger partial charge >= 0.3 is 5.97 Å². The maximum atomic E-state index is 14.0. The molecule has 3 heterocycles. The van der Waals surface area contributed by atoms with E-state index in [1.54, 1.807) is 38.8 Å². The fraction of sp³-hybridized carbons (Fsp3) is 0.581. The Hall–Kier alpha value is -3.89. The number of hydrogen-bond donors (Lipinski definition) is 3. The number of H-pyrrole nitrogens is 1. The van der Waals surface area contributed by atoms with E-state index in [2.05, 4.69) is 15.6 Å². The molecule has 1 saturated carbocycles. The van der Waals surface area contributed by atoms with Crippen molar-refractivity contribution >= 4 is 40.4 Å². The zero-order chi connectivity index (χ0) is 30.2. The number of amides is 3. The minimum atomic E-state index is -1.03. The first-order valence-corrected chi connectivity index (χ1v) is 14.7. The summed E-state index contributed by atoms with van der Waals surface area (Å²) in [4.78, 5) is 70.6. The van der Waals surface area contributed by atoms with Crippen LogP contribution in [0, 0.1) is 23.2 Å². The first-order valence-electron chi connectivity index (χ1n) is 14.7. The normalized spacial score (nSPS) is 24.3. The molecule has 1 aromatic carbocycles. The van der Waals surface area contributed by atoms with Crippen molar-refractivity contribution < 1.29 is 33.4 Å². The molecule has 2 saturated heterocycles. The SMILES string of the molecule is COc1cccc2[nH]c(C(=O)N3C[C@@H]4CCC[C@@H]4[C@H]3C(=O)NC(C[C@@H]3CCNC3=O)C(=O)COC(=O)C(C)(C)C)cc12. The van der Waals surface area contributed by atoms with Gasteiger partial charge in [-0.25, -0.2) is 0 Å². The molecule has 2 aromatic rings. The second-order valence-electron chi connectivity index (χ2n) is 12.7. The molecule has 5 rings (SSSR count). The summed E-state index contributed by atoms with van der Waals surface area (Å²) in [6.07, 6.45) is 3.34. The first-order chi connectivity index (χ1) is 20.0. The predicted octanol–water partition coefficient (Wildman–Crippen LogP) is 2.59. The van der Waals surface area contributed by atoms with Gasteiger partial charge in [-0.15, -0.1) is 0 Å². The number of ketones is 1. The van der Waals surface area contributed by atoms with Crippen molar-refractivity contribution in [2.45, 2.75) is 65.0 Å². The van der Waals surface area contributed by atoms with Crippen LogP contribution in [0.1, 0.15) is 63.4 Å². The number of aromatic nitrogens is 1. The second-order valence-corrected chi connectivity index (χ2v) is 12.7. The molecule has 3 aliphatic rings. The van der Waals surface area contributed by atoms with Gasteiger partial charge in [-0.3, -0.25) is 24.0 Å². The standard InChI is InChI=1S/C31H40N4O7/c1-31(2,3)30(40)42-16-24(36)22(13-17-11-12-32-27(17)37)34-28(38)26-19-8-5-7-18(19)15-35(26)29(39)23-14-20-21(33-23)9-6-10-25(20)41-4/h6,9-10,14,17-19,22,26,33H,5,7-8,11-13,15-16H2,1-4H3,(H,32,37)(H,34,38)/t17-,18-,19-,22?,26-/m0/s1. The van der Waals surface area contributed by atoms with E-state index < -0.39 is 47.7 Å². The van der Waals surface area contributed by atoms with Gasteiger partial charge in [0.2, 0.25) is 11.8 Å². The highest BCUT2D eigenvalue weighted by Crippen LogP contribution is 2.43. The van der Waals surface area contributed by atoms with Crippen LogP contribution in [0.15, 0.2) is 24.3 Å². The average Bonchev–Trinajstić information content (AvgIpc) is 3.73. The lowest BCUT2D eigenvalue weighted by atomic mass is 9.92. The van der Waals surface area contributed by atoms with Gasteiger partial charge in [-0.2, -0.15) is 0 Å². The van der Waals surface area contributed by atoms with Crippen molar-refractivity contribution in [2.24, 2.45) is 23.2 Å². The number of rotatable bonds is 9. The van der Waals surface area contributed by atoms with E-state index in [4.69, 9.17) is 9.47 Å². The molecule has 3 amide bonds. The molecule has 226 valence electrons. The Balaban J connectivity index is 1.37. The number of nitrogens with one attached hydrogen (secondary N) is 3. The highest BCUT2D eigenvalue weighted by atomic mass is 16.5. The van der Waals surface area contributed by atoms with Crippen molar-refractivity contribution in [1.82, 2.24) is 20.5 Å². The number of esters is 1. The van der Waals surface area contributed by atoms with Crippen molar-refractivity contribution in [3.05, 3.63) is 30.0 Å². The van der Waals surface area contributed by atoms with E-state index in [1.807, 2.05) is 18.2 Å². The number of benzene rings is 1. The van der Waals surface area contributed by atoms with Crippen LogP contribution in [0.4, 0.5) is 0 Å². The summed E-state index contributed by atoms with van der Waals surface area (Å²) in [7, 11) is 1.57. The monoisotopic (exact) mass is 580 g/mol. The molecule has 11 heteroatoms. The lowest BCUT2D eigenvalue weighted by molar-refractivity contribution is -0.156. The third-order valence-electron chi connectivity index (χ3n) is 8.84. The number of fused-ring (bicyclic) bond motifs is 2. The smallest absolute Gasteiger partial charge is 0.311 e. The molecule has 42 heavy (non-hydrogen) atoms. The molecule has 1 aliphatic carbocycles. The molecule has 5 atom stereocenters. The molecule has 1 aromatic heterocycles. The largest absolute Gasteiger partial charge is 0.496 e. The molecular formula is C31H40N4O7. The Morgan fingerprint density at radius 1 is 1.14 bits per heavy atom. The van der Waals surface area contributed by atoms with Gasteiger partial charge in [-0.1, -0.05) is 12.5 Å². The number of methoxy groups -OCH3 is 1. The summed E-state index contributed by atoms with van der Waals surface area (Å²) < 4.78 is 10.7. The van der Waals surface area contributed by atoms with Gasteiger partial charge in [-0.05, 0) is 76.5 Å². The van der Waals surface area contributed by atoms with Crippen LogP contribution in [0.25, 0.3) is 10.9 Å². The molecule has 0 bridgehead atoms. The molecule has 3 N–H and O–H groups in total. The van der Waals surface area contributed by atoms with E-state index in [0.29, 0.717) is 31.0 Å². The Kier molecular flexibility index (Phi) is 8.30. The van der Waals surface area contributed by atoms with Crippen molar-refractivity contribution in [2.75, 3.05) is 26.8 Å². The van der Waals surface area contributed by atoms with Crippen LogP contribution in [-0.4, -0.2) is 78.2 Å². The number of ether oxygens (including phenoxy) is 2. The van der Waals surface area contributed by atoms with Crippen LogP contribution < -0.4 is 15.4 Å². The lowest BCUT2D eigenvalue weighted by Gasteiger charge is -2.29. The van der Waals surface area contributed by atoms with Crippen molar-refractivity contribution in [3.8, 4) is 5.75 Å². The molecule has 2 aliphatic heterocycles. The van der Waals surface area contributed by atoms with Gasteiger partial charge in [0.25, 0.3) is 5.91 Å². The summed E-state index contributed by atoms with van der Waals surface area (Å²) in [5.74, 6) is -1.55. The van der Waals surface area contributed by atoms with Crippen LogP contribution in [0.5, 0.6) is 5.75 Å². The Morgan fingerprint density at radius 3 is 2.62 bits per heavy atom. The maximum Gasteiger partial charge on any atom is 0.311 e. The maximum absolute atomic E-state index is 14.0. The van der Waals surface area contributed by atoms with Crippen LogP contribution in [0.2, 0.25) is 0 Å². The number of carbonyl (C=O) groups excluding carboxylic acids is 5.